The van der Waals surface area contributed by atoms with Crippen molar-refractivity contribution in [1.82, 2.24) is 0 Å². The number of aryl methyl sites for hydroxylation is 1. The Balaban J connectivity index is 1.84. The van der Waals surface area contributed by atoms with Crippen LogP contribution in [-0.4, -0.2) is 5.11 Å². The summed E-state index contributed by atoms with van der Waals surface area (Å²) >= 11 is 0. The summed E-state index contributed by atoms with van der Waals surface area (Å²) in [6.07, 6.45) is 19.9. The summed E-state index contributed by atoms with van der Waals surface area (Å²) in [6.45, 7) is 6.73. The highest BCUT2D eigenvalue weighted by molar-refractivity contribution is 5.54. The molecule has 0 aromatic heterocycles. The minimum atomic E-state index is -0.246. The molecule has 1 N–H and O–H groups in total. The molecule has 0 amide bonds. The fourth-order valence-corrected chi connectivity index (χ4v) is 4.73. The molecule has 3 rings (SSSR count). The van der Waals surface area contributed by atoms with Gasteiger partial charge in [0.05, 0.1) is 0 Å². The van der Waals surface area contributed by atoms with E-state index in [0.29, 0.717) is 5.75 Å². The Morgan fingerprint density at radius 3 is 2.29 bits per heavy atom. The van der Waals surface area contributed by atoms with Crippen molar-refractivity contribution in [2.45, 2.75) is 89.9 Å². The third kappa shape index (κ3) is 6.12. The molecule has 1 aliphatic rings. The van der Waals surface area contributed by atoms with Crippen molar-refractivity contribution in [3.63, 3.8) is 0 Å². The Hall–Kier alpha value is -2.28. The van der Waals surface area contributed by atoms with Gasteiger partial charge in [-0.3, -0.25) is 0 Å². The fourth-order valence-electron chi connectivity index (χ4n) is 4.73. The Bertz CT molecular complexity index is 873. The lowest BCUT2D eigenvalue weighted by Gasteiger charge is -2.30. The molecule has 0 heterocycles. The third-order valence-electron chi connectivity index (χ3n) is 6.82. The summed E-state index contributed by atoms with van der Waals surface area (Å²) in [4.78, 5) is 0. The van der Waals surface area contributed by atoms with Crippen LogP contribution in [0.3, 0.4) is 0 Å². The number of benzene rings is 2. The number of allylic oxidation sites excluding steroid dienone is 4. The van der Waals surface area contributed by atoms with Gasteiger partial charge in [0, 0.05) is 22.5 Å². The summed E-state index contributed by atoms with van der Waals surface area (Å²) in [6, 6.07) is 15.1. The largest absolute Gasteiger partial charge is 0.507 e. The van der Waals surface area contributed by atoms with E-state index in [2.05, 4.69) is 87.5 Å². The van der Waals surface area contributed by atoms with Crippen molar-refractivity contribution in [3.05, 3.63) is 89.0 Å². The van der Waals surface area contributed by atoms with Gasteiger partial charge in [0.1, 0.15) is 5.75 Å². The normalized spacial score (nSPS) is 16.0. The van der Waals surface area contributed by atoms with Gasteiger partial charge < -0.3 is 5.11 Å². The number of unbranched alkanes of at least 4 members (excludes halogenated alkanes) is 6. The lowest BCUT2D eigenvalue weighted by Crippen LogP contribution is -2.20. The van der Waals surface area contributed by atoms with Gasteiger partial charge in [0.2, 0.25) is 0 Å². The quantitative estimate of drug-likeness (QED) is 0.363. The summed E-state index contributed by atoms with van der Waals surface area (Å²) in [5.41, 5.74) is 4.49. The lowest BCUT2D eigenvalue weighted by atomic mass is 9.75. The second-order valence-electron chi connectivity index (χ2n) is 9.60. The smallest absolute Gasteiger partial charge is 0.123 e. The summed E-state index contributed by atoms with van der Waals surface area (Å²) in [5.74, 6) is 0.728. The molecule has 1 heteroatoms. The van der Waals surface area contributed by atoms with Crippen LogP contribution in [0.5, 0.6) is 5.75 Å². The molecule has 1 nitrogen and oxygen atoms in total. The maximum Gasteiger partial charge on any atom is 0.123 e. The third-order valence-corrected chi connectivity index (χ3v) is 6.82. The molecule has 0 saturated carbocycles. The average Bonchev–Trinajstić information content (AvgIpc) is 2.80. The van der Waals surface area contributed by atoms with Crippen molar-refractivity contribution in [2.75, 3.05) is 0 Å². The number of rotatable bonds is 11. The van der Waals surface area contributed by atoms with E-state index < -0.39 is 0 Å². The Kier molecular flexibility index (Phi) is 8.58. The molecule has 0 aliphatic heterocycles. The van der Waals surface area contributed by atoms with Gasteiger partial charge in [-0.15, -0.1) is 0 Å². The standard InChI is InChI=1S/C30H40O/c1-4-5-6-7-8-9-12-17-24-22-27(25-18-13-10-14-19-25)29(31)28(23-24)30(2,3)26-20-15-11-16-21-26/h10-11,13-16,18,20-23,25,31H,4-9,12,17,19H2,1-3H3. The first-order valence-electron chi connectivity index (χ1n) is 12.3. The van der Waals surface area contributed by atoms with Crippen molar-refractivity contribution in [3.8, 4) is 5.75 Å². The van der Waals surface area contributed by atoms with Gasteiger partial charge in [0.15, 0.2) is 0 Å². The molecule has 1 atom stereocenters. The topological polar surface area (TPSA) is 20.2 Å². The first kappa shape index (κ1) is 23.4. The van der Waals surface area contributed by atoms with E-state index in [4.69, 9.17) is 0 Å². The van der Waals surface area contributed by atoms with Gasteiger partial charge in [-0.1, -0.05) is 126 Å². The van der Waals surface area contributed by atoms with Crippen LogP contribution in [0.25, 0.3) is 0 Å². The summed E-state index contributed by atoms with van der Waals surface area (Å²) < 4.78 is 0. The van der Waals surface area contributed by atoms with Gasteiger partial charge in [-0.05, 0) is 30.4 Å². The van der Waals surface area contributed by atoms with E-state index in [1.165, 1.54) is 56.1 Å². The number of aromatic hydroxyl groups is 1. The van der Waals surface area contributed by atoms with E-state index in [1.807, 2.05) is 0 Å². The maximum atomic E-state index is 11.4. The van der Waals surface area contributed by atoms with Crippen LogP contribution in [0.1, 0.15) is 100 Å². The molecule has 2 aromatic rings. The van der Waals surface area contributed by atoms with E-state index in [9.17, 15) is 5.11 Å². The van der Waals surface area contributed by atoms with E-state index >= 15 is 0 Å². The Morgan fingerprint density at radius 2 is 1.61 bits per heavy atom. The van der Waals surface area contributed by atoms with Gasteiger partial charge in [-0.2, -0.15) is 0 Å². The molecule has 2 aromatic carbocycles. The summed E-state index contributed by atoms with van der Waals surface area (Å²) in [5, 5.41) is 11.4. The number of phenolic OH excluding ortho intramolecular Hbond substituents is 1. The maximum absolute atomic E-state index is 11.4. The highest BCUT2D eigenvalue weighted by Crippen LogP contribution is 2.43. The predicted molar refractivity (Wildman–Crippen MR) is 134 cm³/mol. The average molecular weight is 417 g/mol. The Labute approximate surface area is 189 Å². The number of hydrogen-bond donors (Lipinski definition) is 1. The molecule has 0 spiro atoms. The zero-order chi connectivity index (χ0) is 22.1. The molecule has 1 unspecified atom stereocenters. The van der Waals surface area contributed by atoms with Crippen LogP contribution in [0.4, 0.5) is 0 Å². The molecular formula is C30H40O. The first-order valence-corrected chi connectivity index (χ1v) is 12.3. The zero-order valence-corrected chi connectivity index (χ0v) is 19.7. The second-order valence-corrected chi connectivity index (χ2v) is 9.60. The zero-order valence-electron chi connectivity index (χ0n) is 19.7. The molecule has 0 saturated heterocycles. The van der Waals surface area contributed by atoms with Crippen molar-refractivity contribution in [2.24, 2.45) is 0 Å². The SMILES string of the molecule is CCCCCCCCCc1cc(C2C=CC=CC2)c(O)c(C(C)(C)c2ccccc2)c1. The lowest BCUT2D eigenvalue weighted by molar-refractivity contribution is 0.443. The van der Waals surface area contributed by atoms with E-state index in [1.54, 1.807) is 0 Å². The minimum Gasteiger partial charge on any atom is -0.507 e. The van der Waals surface area contributed by atoms with Crippen LogP contribution in [0, 0.1) is 0 Å². The van der Waals surface area contributed by atoms with Crippen LogP contribution < -0.4 is 0 Å². The first-order chi connectivity index (χ1) is 15.0. The molecule has 1 aliphatic carbocycles. The fraction of sp³-hybridized carbons (Fsp3) is 0.467. The second kappa shape index (κ2) is 11.4. The van der Waals surface area contributed by atoms with Crippen molar-refractivity contribution < 1.29 is 5.11 Å². The van der Waals surface area contributed by atoms with E-state index in [-0.39, 0.29) is 11.3 Å². The van der Waals surface area contributed by atoms with Crippen molar-refractivity contribution in [1.29, 1.82) is 0 Å². The van der Waals surface area contributed by atoms with Crippen LogP contribution in [0.2, 0.25) is 0 Å². The van der Waals surface area contributed by atoms with Crippen LogP contribution in [-0.2, 0) is 11.8 Å². The number of hydrogen-bond acceptors (Lipinski definition) is 1. The monoisotopic (exact) mass is 416 g/mol. The van der Waals surface area contributed by atoms with Gasteiger partial charge in [0.25, 0.3) is 0 Å². The highest BCUT2D eigenvalue weighted by atomic mass is 16.3. The van der Waals surface area contributed by atoms with Crippen LogP contribution in [0.15, 0.2) is 66.8 Å². The highest BCUT2D eigenvalue weighted by Gasteiger charge is 2.29. The van der Waals surface area contributed by atoms with Crippen LogP contribution >= 0.6 is 0 Å². The predicted octanol–water partition coefficient (Wildman–Crippen LogP) is 8.61. The van der Waals surface area contributed by atoms with Gasteiger partial charge >= 0.3 is 0 Å². The molecule has 31 heavy (non-hydrogen) atoms. The molecule has 0 radical (unpaired) electrons. The number of phenols is 1. The van der Waals surface area contributed by atoms with Gasteiger partial charge in [-0.25, -0.2) is 0 Å². The molecule has 166 valence electrons. The van der Waals surface area contributed by atoms with E-state index in [0.717, 1.165) is 24.0 Å². The summed E-state index contributed by atoms with van der Waals surface area (Å²) in [7, 11) is 0. The molecule has 0 fully saturated rings. The van der Waals surface area contributed by atoms with Crippen molar-refractivity contribution >= 4 is 0 Å². The molecular weight excluding hydrogens is 376 g/mol. The molecule has 0 bridgehead atoms. The minimum absolute atomic E-state index is 0.246. The Morgan fingerprint density at radius 1 is 0.903 bits per heavy atom.